The summed E-state index contributed by atoms with van der Waals surface area (Å²) in [5, 5.41) is 54.2. The largest absolute Gasteiger partial charge is 0.466 e. The summed E-state index contributed by atoms with van der Waals surface area (Å²) in [7, 11) is 0. The van der Waals surface area contributed by atoms with Gasteiger partial charge in [0.05, 0.1) is 32.0 Å². The number of unbranched alkanes of at least 4 members (excludes halogenated alkanes) is 37. The summed E-state index contributed by atoms with van der Waals surface area (Å²) < 4.78 is 16.7. The van der Waals surface area contributed by atoms with Crippen LogP contribution < -0.4 is 5.32 Å². The quantitative estimate of drug-likeness (QED) is 0.0195. The van der Waals surface area contributed by atoms with Gasteiger partial charge in [-0.3, -0.25) is 9.59 Å². The van der Waals surface area contributed by atoms with Gasteiger partial charge < -0.3 is 45.1 Å². The molecule has 6 N–H and O–H groups in total. The number of hydrogen-bond acceptors (Lipinski definition) is 10. The van der Waals surface area contributed by atoms with E-state index < -0.39 is 49.5 Å². The van der Waals surface area contributed by atoms with E-state index in [0.29, 0.717) is 19.4 Å². The molecule has 11 nitrogen and oxygen atoms in total. The fourth-order valence-corrected chi connectivity index (χ4v) is 9.67. The molecule has 1 saturated heterocycles. The number of hydrogen-bond donors (Lipinski definition) is 6. The number of allylic oxidation sites excluding steroid dienone is 3. The van der Waals surface area contributed by atoms with E-state index in [-0.39, 0.29) is 18.5 Å². The Hall–Kier alpha value is -1.86. The smallest absolute Gasteiger partial charge is 0.305 e. The molecule has 0 aromatic carbocycles. The molecule has 1 aliphatic rings. The second-order valence-corrected chi connectivity index (χ2v) is 21.4. The average molecular weight is 1020 g/mol. The normalized spacial score (nSPS) is 19.1. The van der Waals surface area contributed by atoms with Crippen LogP contribution in [0.3, 0.4) is 0 Å². The number of amides is 1. The molecule has 0 saturated carbocycles. The summed E-state index contributed by atoms with van der Waals surface area (Å²) in [6.07, 6.45) is 51.4. The predicted molar refractivity (Wildman–Crippen MR) is 297 cm³/mol. The van der Waals surface area contributed by atoms with E-state index in [4.69, 9.17) is 14.2 Å². The number of aliphatic hydroxyl groups excluding tert-OH is 5. The van der Waals surface area contributed by atoms with Crippen LogP contribution in [0.1, 0.15) is 290 Å². The van der Waals surface area contributed by atoms with Crippen molar-refractivity contribution in [1.29, 1.82) is 0 Å². The number of nitrogens with one attached hydrogen (secondary N) is 1. The van der Waals surface area contributed by atoms with Crippen molar-refractivity contribution >= 4 is 11.9 Å². The van der Waals surface area contributed by atoms with E-state index in [9.17, 15) is 35.1 Å². The highest BCUT2D eigenvalue weighted by Gasteiger charge is 2.44. The van der Waals surface area contributed by atoms with Gasteiger partial charge >= 0.3 is 5.97 Å². The number of ether oxygens (including phenoxy) is 3. The highest BCUT2D eigenvalue weighted by atomic mass is 16.7. The lowest BCUT2D eigenvalue weighted by atomic mass is 9.99. The molecule has 11 heteroatoms. The number of carbonyl (C=O) groups is 2. The van der Waals surface area contributed by atoms with Crippen molar-refractivity contribution in [1.82, 2.24) is 5.32 Å². The van der Waals surface area contributed by atoms with E-state index in [1.807, 2.05) is 6.08 Å². The second-order valence-electron chi connectivity index (χ2n) is 21.4. The lowest BCUT2D eigenvalue weighted by Gasteiger charge is -2.40. The first kappa shape index (κ1) is 68.2. The maximum atomic E-state index is 13.0. The van der Waals surface area contributed by atoms with Gasteiger partial charge in [-0.05, 0) is 57.8 Å². The van der Waals surface area contributed by atoms with Gasteiger partial charge in [0.1, 0.15) is 24.4 Å². The molecule has 0 aliphatic carbocycles. The molecule has 0 bridgehead atoms. The van der Waals surface area contributed by atoms with E-state index in [1.54, 1.807) is 6.08 Å². The van der Waals surface area contributed by atoms with Crippen LogP contribution >= 0.6 is 0 Å². The molecule has 0 radical (unpaired) electrons. The van der Waals surface area contributed by atoms with Crippen molar-refractivity contribution in [3.63, 3.8) is 0 Å². The van der Waals surface area contributed by atoms with E-state index in [0.717, 1.165) is 64.2 Å². The standard InChI is InChI=1S/C61H115NO10/c1-3-5-7-9-11-13-14-15-26-29-33-37-41-45-49-57(66)70-50-46-42-38-34-30-27-24-22-20-18-16-17-19-21-23-25-28-32-36-40-44-48-56(65)62-53(54(64)47-43-39-35-31-12-10-8-6-4-2)52-71-61-60(69)59(68)58(67)55(51-63)72-61/h14-15,43,47,53-55,58-61,63-64,67-69H,3-13,16-42,44-46,48-52H2,1-2H3,(H,62,65)/b15-14-,47-43+. The summed E-state index contributed by atoms with van der Waals surface area (Å²) in [5.74, 6) is -0.194. The summed E-state index contributed by atoms with van der Waals surface area (Å²) >= 11 is 0. The van der Waals surface area contributed by atoms with Gasteiger partial charge in [0, 0.05) is 12.8 Å². The van der Waals surface area contributed by atoms with Crippen LogP contribution in [0.2, 0.25) is 0 Å². The predicted octanol–water partition coefficient (Wildman–Crippen LogP) is 14.1. The summed E-state index contributed by atoms with van der Waals surface area (Å²) in [4.78, 5) is 25.0. The van der Waals surface area contributed by atoms with Crippen molar-refractivity contribution in [2.75, 3.05) is 19.8 Å². The molecule has 72 heavy (non-hydrogen) atoms. The molecule has 1 fully saturated rings. The van der Waals surface area contributed by atoms with Crippen molar-refractivity contribution in [3.05, 3.63) is 24.3 Å². The molecule has 1 rings (SSSR count). The molecular formula is C61H115NO10. The molecule has 7 atom stereocenters. The Balaban J connectivity index is 1.99. The second kappa shape index (κ2) is 51.3. The van der Waals surface area contributed by atoms with Gasteiger partial charge in [-0.2, -0.15) is 0 Å². The molecule has 0 aromatic heterocycles. The first-order chi connectivity index (χ1) is 35.2. The Bertz CT molecular complexity index is 1250. The molecule has 0 spiro atoms. The number of rotatable bonds is 53. The van der Waals surface area contributed by atoms with Crippen molar-refractivity contribution in [2.45, 2.75) is 333 Å². The van der Waals surface area contributed by atoms with Crippen LogP contribution in [-0.2, 0) is 23.8 Å². The van der Waals surface area contributed by atoms with E-state index in [1.165, 1.54) is 199 Å². The molecule has 7 unspecified atom stereocenters. The van der Waals surface area contributed by atoms with Gasteiger partial charge in [0.15, 0.2) is 6.29 Å². The van der Waals surface area contributed by atoms with Gasteiger partial charge in [-0.15, -0.1) is 0 Å². The monoisotopic (exact) mass is 1020 g/mol. The highest BCUT2D eigenvalue weighted by Crippen LogP contribution is 2.23. The number of carbonyl (C=O) groups excluding carboxylic acids is 2. The number of esters is 1. The first-order valence-electron chi connectivity index (χ1n) is 30.6. The van der Waals surface area contributed by atoms with Gasteiger partial charge in [0.25, 0.3) is 0 Å². The Morgan fingerprint density at radius 2 is 0.889 bits per heavy atom. The lowest BCUT2D eigenvalue weighted by Crippen LogP contribution is -2.60. The Labute approximate surface area is 441 Å². The van der Waals surface area contributed by atoms with Crippen LogP contribution in [0, 0.1) is 0 Å². The molecule has 424 valence electrons. The minimum atomic E-state index is -1.57. The first-order valence-corrected chi connectivity index (χ1v) is 30.6. The maximum absolute atomic E-state index is 13.0. The number of aliphatic hydroxyl groups is 5. The van der Waals surface area contributed by atoms with E-state index in [2.05, 4.69) is 31.3 Å². The molecule has 1 aliphatic heterocycles. The van der Waals surface area contributed by atoms with Crippen LogP contribution in [0.4, 0.5) is 0 Å². The fraction of sp³-hybridized carbons (Fsp3) is 0.902. The third-order valence-corrected chi connectivity index (χ3v) is 14.6. The summed E-state index contributed by atoms with van der Waals surface area (Å²) in [5.41, 5.74) is 0. The van der Waals surface area contributed by atoms with Crippen LogP contribution in [0.5, 0.6) is 0 Å². The summed E-state index contributed by atoms with van der Waals surface area (Å²) in [6, 6.07) is -0.809. The fourth-order valence-electron chi connectivity index (χ4n) is 9.67. The zero-order chi connectivity index (χ0) is 52.4. The Morgan fingerprint density at radius 1 is 0.500 bits per heavy atom. The third kappa shape index (κ3) is 40.5. The minimum Gasteiger partial charge on any atom is -0.466 e. The van der Waals surface area contributed by atoms with Crippen LogP contribution in [0.15, 0.2) is 24.3 Å². The molecule has 1 amide bonds. The molecule has 0 aromatic rings. The van der Waals surface area contributed by atoms with Crippen molar-refractivity contribution in [2.24, 2.45) is 0 Å². The highest BCUT2D eigenvalue weighted by molar-refractivity contribution is 5.76. The van der Waals surface area contributed by atoms with E-state index >= 15 is 0 Å². The van der Waals surface area contributed by atoms with Crippen molar-refractivity contribution < 1.29 is 49.3 Å². The zero-order valence-electron chi connectivity index (χ0n) is 46.7. The van der Waals surface area contributed by atoms with Gasteiger partial charge in [0.2, 0.25) is 5.91 Å². The maximum Gasteiger partial charge on any atom is 0.305 e. The van der Waals surface area contributed by atoms with Crippen molar-refractivity contribution in [3.8, 4) is 0 Å². The Kier molecular flexibility index (Phi) is 48.5. The SMILES string of the molecule is CCCCCCC/C=C\CCCCCCCC(=O)OCCCCCCCCCCCCCCCCCCCCCCCC(=O)NC(COC1OC(CO)C(O)C(O)C1O)C(O)/C=C/CCCCCCCCC. The van der Waals surface area contributed by atoms with Gasteiger partial charge in [-0.1, -0.05) is 244 Å². The van der Waals surface area contributed by atoms with Crippen LogP contribution in [0.25, 0.3) is 0 Å². The third-order valence-electron chi connectivity index (χ3n) is 14.6. The minimum absolute atomic E-state index is 0.00967. The summed E-state index contributed by atoms with van der Waals surface area (Å²) in [6.45, 7) is 4.31. The zero-order valence-corrected chi connectivity index (χ0v) is 46.7. The molecule has 1 heterocycles. The lowest BCUT2D eigenvalue weighted by molar-refractivity contribution is -0.302. The Morgan fingerprint density at radius 3 is 1.33 bits per heavy atom. The topological polar surface area (TPSA) is 175 Å². The molecular weight excluding hydrogens is 907 g/mol. The van der Waals surface area contributed by atoms with Crippen LogP contribution in [-0.4, -0.2) is 100 Å². The van der Waals surface area contributed by atoms with Gasteiger partial charge in [-0.25, -0.2) is 0 Å². The average Bonchev–Trinajstić information content (AvgIpc) is 3.38.